The van der Waals surface area contributed by atoms with Gasteiger partial charge in [0.15, 0.2) is 0 Å². The number of rotatable bonds is 2. The van der Waals surface area contributed by atoms with Gasteiger partial charge in [-0.3, -0.25) is 0 Å². The van der Waals surface area contributed by atoms with Crippen LogP contribution in [0.15, 0.2) is 0 Å². The van der Waals surface area contributed by atoms with E-state index in [1.807, 2.05) is 0 Å². The summed E-state index contributed by atoms with van der Waals surface area (Å²) in [4.78, 5) is 0. The highest BCUT2D eigenvalue weighted by atomic mass is 32.2. The molecule has 2 nitrogen and oxygen atoms in total. The van der Waals surface area contributed by atoms with Gasteiger partial charge in [0.1, 0.15) is 0 Å². The fourth-order valence-corrected chi connectivity index (χ4v) is 2.34. The molecule has 0 spiro atoms. The van der Waals surface area contributed by atoms with Gasteiger partial charge < -0.3 is 0 Å². The predicted octanol–water partition coefficient (Wildman–Crippen LogP) is 1.99. The van der Waals surface area contributed by atoms with Crippen LogP contribution in [0, 0.1) is 0 Å². The molecule has 1 aliphatic rings. The Hall–Kier alpha value is 0.490. The Morgan fingerprint density at radius 3 is 3.80 bits per heavy atom. The Kier molecular flexibility index (Phi) is 2.33. The molecule has 0 bridgehead atoms. The molecule has 0 aromatic heterocycles. The molecule has 1 atom stereocenters. The first kappa shape index (κ1) is 4.50. The molecule has 60 valence electrons. The summed E-state index contributed by atoms with van der Waals surface area (Å²) in [5, 5.41) is 3.95. The zero-order valence-electron chi connectivity index (χ0n) is 9.46. The molecule has 4 heteroatoms. The van der Waals surface area contributed by atoms with Gasteiger partial charge in [-0.05, 0) is 40.5 Å². The summed E-state index contributed by atoms with van der Waals surface area (Å²) in [5.41, 5.74) is -1.59. The summed E-state index contributed by atoms with van der Waals surface area (Å²) in [6.07, 6.45) is 0.823. The number of hydrogen-bond donors (Lipinski definition) is 1. The van der Waals surface area contributed by atoms with E-state index in [0.29, 0.717) is 18.6 Å². The van der Waals surface area contributed by atoms with Crippen LogP contribution in [-0.2, 0) is 4.33 Å². The Labute approximate surface area is 73.7 Å². The van der Waals surface area contributed by atoms with Gasteiger partial charge in [0, 0.05) is 8.45 Å². The van der Waals surface area contributed by atoms with Gasteiger partial charge in [0.05, 0.1) is 1.37 Å². The van der Waals surface area contributed by atoms with Gasteiger partial charge in [-0.15, -0.1) is 0 Å². The van der Waals surface area contributed by atoms with E-state index in [4.69, 9.17) is 5.54 Å². The van der Waals surface area contributed by atoms with Crippen molar-refractivity contribution in [2.24, 2.45) is 0 Å². The lowest BCUT2D eigenvalue weighted by atomic mass is 10.6. The van der Waals surface area contributed by atoms with E-state index < -0.39 is 16.5 Å². The zero-order valence-corrected chi connectivity index (χ0v) is 7.09. The molecule has 1 aliphatic heterocycles. The Morgan fingerprint density at radius 2 is 2.90 bits per heavy atom. The van der Waals surface area contributed by atoms with Gasteiger partial charge in [-0.2, -0.15) is 16.1 Å². The van der Waals surface area contributed by atoms with E-state index >= 15 is 0 Å². The van der Waals surface area contributed by atoms with Crippen LogP contribution in [0.1, 0.15) is 17.0 Å². The normalized spacial score (nSPS) is 40.0. The predicted molar refractivity (Wildman–Crippen MR) is 48.8 cm³/mol. The monoisotopic (exact) mass is 184 g/mol. The molecular weight excluding hydrogens is 168 g/mol. The van der Waals surface area contributed by atoms with Gasteiger partial charge in [-0.1, -0.05) is 0 Å². The van der Waals surface area contributed by atoms with E-state index in [9.17, 15) is 0 Å². The molecule has 0 saturated carbocycles. The van der Waals surface area contributed by atoms with Crippen molar-refractivity contribution in [1.29, 1.82) is 1.43 Å². The maximum atomic E-state index is 7.69. The molecular formula is C6H12O2S2. The van der Waals surface area contributed by atoms with Crippen LogP contribution < -0.4 is 0 Å². The second-order valence-corrected chi connectivity index (χ2v) is 4.21. The third kappa shape index (κ3) is 3.05. The van der Waals surface area contributed by atoms with Crippen LogP contribution >= 0.6 is 22.5 Å². The molecule has 10 heavy (non-hydrogen) atoms. The van der Waals surface area contributed by atoms with Crippen molar-refractivity contribution in [2.75, 3.05) is 17.2 Å². The van der Waals surface area contributed by atoms with Crippen LogP contribution in [0.5, 0.6) is 0 Å². The molecule has 0 fully saturated rings. The Bertz CT molecular complexity index is 234. The third-order valence-electron chi connectivity index (χ3n) is 1.03. The van der Waals surface area contributed by atoms with E-state index in [-0.39, 0.29) is 5.34 Å². The third-order valence-corrected chi connectivity index (χ3v) is 3.08. The van der Waals surface area contributed by atoms with Crippen LogP contribution in [0.3, 0.4) is 0 Å². The smallest absolute Gasteiger partial charge is 0.240 e. The molecule has 0 aromatic carbocycles. The van der Waals surface area contributed by atoms with Crippen molar-refractivity contribution in [3.8, 4) is 0 Å². The van der Waals surface area contributed by atoms with Crippen molar-refractivity contribution in [1.82, 2.24) is 0 Å². The molecule has 1 N–H and O–H groups in total. The molecule has 0 saturated heterocycles. The first-order valence-corrected chi connectivity index (χ1v) is 5.33. The van der Waals surface area contributed by atoms with Crippen LogP contribution in [0.4, 0.5) is 0 Å². The minimum absolute atomic E-state index is 0.189. The highest BCUT2D eigenvalue weighted by Gasteiger charge is 1.99. The van der Waals surface area contributed by atoms with Crippen molar-refractivity contribution < 1.29 is 13.7 Å². The van der Waals surface area contributed by atoms with Crippen LogP contribution in [0.25, 0.3) is 1.43 Å². The fourth-order valence-electron chi connectivity index (χ4n) is 0.614. The molecule has 1 heterocycles. The molecule has 0 aliphatic carbocycles. The highest BCUT2D eigenvalue weighted by molar-refractivity contribution is 8.10. The standard InChI is InChI=1S/C6H12O2S2/c7-8-10-5-1-3-9-4-2-6-10/h5,7H,1-4,6H2/i5D,6D2/hD. The lowest BCUT2D eigenvalue weighted by Gasteiger charge is -2.07. The van der Waals surface area contributed by atoms with E-state index in [1.165, 1.54) is 0 Å². The molecule has 0 radical (unpaired) electrons. The summed E-state index contributed by atoms with van der Waals surface area (Å²) < 4.78 is 34.0. The average Bonchev–Trinajstić information content (AvgIpc) is 2.11. The topological polar surface area (TPSA) is 29.5 Å². The Morgan fingerprint density at radius 1 is 1.90 bits per heavy atom. The summed E-state index contributed by atoms with van der Waals surface area (Å²) in [6, 6.07) is 0. The van der Waals surface area contributed by atoms with E-state index in [0.717, 1.165) is 5.75 Å². The van der Waals surface area contributed by atoms with Crippen molar-refractivity contribution >= 4 is 27.9 Å². The maximum absolute atomic E-state index is 7.69. The van der Waals surface area contributed by atoms with Crippen LogP contribution in [0.2, 0.25) is 0 Å². The first-order valence-electron chi connectivity index (χ1n) is 4.93. The zero-order chi connectivity index (χ0) is 10.6. The van der Waals surface area contributed by atoms with E-state index in [1.54, 1.807) is 11.8 Å². The second-order valence-electron chi connectivity index (χ2n) is 1.74. The van der Waals surface area contributed by atoms with E-state index in [2.05, 4.69) is 9.59 Å². The van der Waals surface area contributed by atoms with Gasteiger partial charge >= 0.3 is 0 Å². The molecule has 1 unspecified atom stereocenters. The summed E-state index contributed by atoms with van der Waals surface area (Å²) in [7, 11) is -1.33. The lowest BCUT2D eigenvalue weighted by Crippen LogP contribution is -1.96. The number of thioether (sulfide) groups is 1. The summed E-state index contributed by atoms with van der Waals surface area (Å²) >= 11 is 1.64. The molecule has 1 rings (SSSR count). The average molecular weight is 184 g/mol. The largest absolute Gasteiger partial charge is 0.256 e. The SMILES string of the molecule is [2H]OOS1=C([2H])CCSCCC1([2H])[2H]. The quantitative estimate of drug-likeness (QED) is 0.404. The van der Waals surface area contributed by atoms with Crippen LogP contribution in [-0.4, -0.2) is 27.8 Å². The Balaban J connectivity index is 2.88. The highest BCUT2D eigenvalue weighted by Crippen LogP contribution is 2.19. The van der Waals surface area contributed by atoms with Crippen molar-refractivity contribution in [3.63, 3.8) is 0 Å². The lowest BCUT2D eigenvalue weighted by molar-refractivity contribution is -0.117. The molecule has 0 amide bonds. The van der Waals surface area contributed by atoms with Crippen molar-refractivity contribution in [2.45, 2.75) is 12.8 Å². The van der Waals surface area contributed by atoms with Crippen molar-refractivity contribution in [3.05, 3.63) is 0 Å². The first-order chi connectivity index (χ1) is 6.58. The maximum Gasteiger partial charge on any atom is 0.256 e. The van der Waals surface area contributed by atoms with Gasteiger partial charge in [-0.25, -0.2) is 5.26 Å². The van der Waals surface area contributed by atoms with Gasteiger partial charge in [0.2, 0.25) is 0 Å². The summed E-state index contributed by atoms with van der Waals surface area (Å²) in [5.74, 6) is 1.52. The minimum Gasteiger partial charge on any atom is -0.240 e. The second kappa shape index (κ2) is 5.18. The molecule has 0 aromatic rings. The number of hydrogen-bond acceptors (Lipinski definition) is 3. The minimum atomic E-state index is -1.59. The van der Waals surface area contributed by atoms with Gasteiger partial charge in [0.25, 0.3) is 1.43 Å². The summed E-state index contributed by atoms with van der Waals surface area (Å²) in [6.45, 7) is 0. The fraction of sp³-hybridized carbons (Fsp3) is 0.833.